The van der Waals surface area contributed by atoms with E-state index in [4.69, 9.17) is 21.3 Å². The summed E-state index contributed by atoms with van der Waals surface area (Å²) in [4.78, 5) is 16.1. The van der Waals surface area contributed by atoms with Gasteiger partial charge in [0, 0.05) is 49.3 Å². The summed E-state index contributed by atoms with van der Waals surface area (Å²) >= 11 is 6.02. The third-order valence-electron chi connectivity index (χ3n) is 4.26. The Hall–Kier alpha value is -2.44. The van der Waals surface area contributed by atoms with Crippen LogP contribution in [0.2, 0.25) is 5.02 Å². The average Bonchev–Trinajstić information content (AvgIpc) is 3.08. The van der Waals surface area contributed by atoms with E-state index in [0.29, 0.717) is 24.2 Å². The summed E-state index contributed by atoms with van der Waals surface area (Å²) in [7, 11) is 1.96. The Morgan fingerprint density at radius 2 is 1.84 bits per heavy atom. The van der Waals surface area contributed by atoms with Crippen molar-refractivity contribution >= 4 is 17.5 Å². The first-order valence-corrected chi connectivity index (χ1v) is 8.53. The number of rotatable bonds is 3. The van der Waals surface area contributed by atoms with Crippen molar-refractivity contribution in [1.82, 2.24) is 19.5 Å². The molecule has 0 saturated carbocycles. The second-order valence-corrected chi connectivity index (χ2v) is 6.34. The van der Waals surface area contributed by atoms with Crippen molar-refractivity contribution in [2.45, 2.75) is 0 Å². The zero-order chi connectivity index (χ0) is 17.2. The van der Waals surface area contributed by atoms with Crippen molar-refractivity contribution in [3.8, 4) is 22.6 Å². The maximum Gasteiger partial charge on any atom is 0.226 e. The molecule has 3 heterocycles. The third-order valence-corrected chi connectivity index (χ3v) is 4.51. The maximum absolute atomic E-state index is 6.02. The normalized spacial score (nSPS) is 14.7. The lowest BCUT2D eigenvalue weighted by Crippen LogP contribution is -2.37. The first kappa shape index (κ1) is 16.1. The molecule has 0 atom stereocenters. The van der Waals surface area contributed by atoms with Crippen LogP contribution >= 0.6 is 11.6 Å². The first-order chi connectivity index (χ1) is 12.2. The number of morpholine rings is 1. The fourth-order valence-corrected chi connectivity index (χ4v) is 3.02. The van der Waals surface area contributed by atoms with Crippen LogP contribution in [0.3, 0.4) is 0 Å². The van der Waals surface area contributed by atoms with E-state index in [2.05, 4.69) is 14.9 Å². The van der Waals surface area contributed by atoms with Gasteiger partial charge >= 0.3 is 0 Å². The Morgan fingerprint density at radius 3 is 2.52 bits per heavy atom. The lowest BCUT2D eigenvalue weighted by atomic mass is 10.1. The van der Waals surface area contributed by atoms with Gasteiger partial charge in [-0.1, -0.05) is 23.7 Å². The monoisotopic (exact) mass is 355 g/mol. The second-order valence-electron chi connectivity index (χ2n) is 5.90. The highest BCUT2D eigenvalue weighted by molar-refractivity contribution is 6.30. The van der Waals surface area contributed by atoms with Crippen molar-refractivity contribution in [3.63, 3.8) is 0 Å². The molecule has 128 valence electrons. The molecule has 3 aromatic rings. The van der Waals surface area contributed by atoms with E-state index in [1.54, 1.807) is 6.20 Å². The van der Waals surface area contributed by atoms with Gasteiger partial charge in [-0.2, -0.15) is 0 Å². The van der Waals surface area contributed by atoms with Crippen LogP contribution in [0.15, 0.2) is 42.9 Å². The van der Waals surface area contributed by atoms with E-state index in [-0.39, 0.29) is 0 Å². The van der Waals surface area contributed by atoms with Gasteiger partial charge in [-0.05, 0) is 17.7 Å². The molecule has 0 unspecified atom stereocenters. The highest BCUT2D eigenvalue weighted by atomic mass is 35.5. The average molecular weight is 356 g/mol. The predicted molar refractivity (Wildman–Crippen MR) is 97.7 cm³/mol. The number of nitrogens with zero attached hydrogens (tertiary/aromatic N) is 5. The molecule has 0 bridgehead atoms. The van der Waals surface area contributed by atoms with Crippen LogP contribution in [0.4, 0.5) is 5.95 Å². The van der Waals surface area contributed by atoms with E-state index in [9.17, 15) is 0 Å². The van der Waals surface area contributed by atoms with Crippen molar-refractivity contribution in [2.75, 3.05) is 31.2 Å². The largest absolute Gasteiger partial charge is 0.378 e. The highest BCUT2D eigenvalue weighted by Crippen LogP contribution is 2.31. The van der Waals surface area contributed by atoms with Gasteiger partial charge in [-0.3, -0.25) is 0 Å². The van der Waals surface area contributed by atoms with Crippen LogP contribution in [0.25, 0.3) is 22.6 Å². The van der Waals surface area contributed by atoms with Gasteiger partial charge < -0.3 is 14.2 Å². The highest BCUT2D eigenvalue weighted by Gasteiger charge is 2.19. The SMILES string of the molecule is Cn1ccnc1-c1nc(N2CCOCC2)ncc1-c1ccc(Cl)cc1. The Morgan fingerprint density at radius 1 is 1.08 bits per heavy atom. The van der Waals surface area contributed by atoms with Gasteiger partial charge in [-0.25, -0.2) is 15.0 Å². The van der Waals surface area contributed by atoms with Gasteiger partial charge in [0.1, 0.15) is 5.69 Å². The molecule has 1 aliphatic heterocycles. The molecule has 0 spiro atoms. The van der Waals surface area contributed by atoms with E-state index in [0.717, 1.165) is 35.7 Å². The summed E-state index contributed by atoms with van der Waals surface area (Å²) in [6.07, 6.45) is 5.56. The minimum Gasteiger partial charge on any atom is -0.378 e. The zero-order valence-electron chi connectivity index (χ0n) is 13.9. The lowest BCUT2D eigenvalue weighted by Gasteiger charge is -2.27. The fraction of sp³-hybridized carbons (Fsp3) is 0.278. The van der Waals surface area contributed by atoms with Crippen molar-refractivity contribution < 1.29 is 4.74 Å². The molecule has 1 saturated heterocycles. The Kier molecular flexibility index (Phi) is 4.38. The summed E-state index contributed by atoms with van der Waals surface area (Å²) < 4.78 is 7.38. The summed E-state index contributed by atoms with van der Waals surface area (Å²) in [5.41, 5.74) is 2.75. The van der Waals surface area contributed by atoms with Crippen molar-refractivity contribution in [3.05, 3.63) is 47.9 Å². The second kappa shape index (κ2) is 6.82. The molecule has 6 nitrogen and oxygen atoms in total. The Balaban J connectivity index is 1.83. The van der Waals surface area contributed by atoms with Gasteiger partial charge in [-0.15, -0.1) is 0 Å². The molecule has 0 amide bonds. The number of aryl methyl sites for hydroxylation is 1. The third kappa shape index (κ3) is 3.23. The minimum atomic E-state index is 0.694. The lowest BCUT2D eigenvalue weighted by molar-refractivity contribution is 0.122. The topological polar surface area (TPSA) is 56.1 Å². The Labute approximate surface area is 151 Å². The van der Waals surface area contributed by atoms with Gasteiger partial charge in [0.05, 0.1) is 13.2 Å². The van der Waals surface area contributed by atoms with Crippen LogP contribution < -0.4 is 4.90 Å². The fourth-order valence-electron chi connectivity index (χ4n) is 2.89. The quantitative estimate of drug-likeness (QED) is 0.722. The minimum absolute atomic E-state index is 0.694. The molecule has 25 heavy (non-hydrogen) atoms. The van der Waals surface area contributed by atoms with Crippen LogP contribution in [0.5, 0.6) is 0 Å². The van der Waals surface area contributed by atoms with Gasteiger partial charge in [0.15, 0.2) is 5.82 Å². The van der Waals surface area contributed by atoms with E-state index in [1.165, 1.54) is 0 Å². The number of benzene rings is 1. The van der Waals surface area contributed by atoms with E-state index in [1.807, 2.05) is 48.3 Å². The maximum atomic E-state index is 6.02. The number of hydrogen-bond acceptors (Lipinski definition) is 5. The van der Waals surface area contributed by atoms with E-state index >= 15 is 0 Å². The van der Waals surface area contributed by atoms with E-state index < -0.39 is 0 Å². The molecule has 7 heteroatoms. The molecule has 4 rings (SSSR count). The molecule has 1 aliphatic rings. The number of ether oxygens (including phenoxy) is 1. The summed E-state index contributed by atoms with van der Waals surface area (Å²) in [6, 6.07) is 7.69. The molecule has 0 radical (unpaired) electrons. The van der Waals surface area contributed by atoms with Crippen LogP contribution in [-0.4, -0.2) is 45.8 Å². The summed E-state index contributed by atoms with van der Waals surface area (Å²) in [5.74, 6) is 1.51. The molecular weight excluding hydrogens is 338 g/mol. The number of aromatic nitrogens is 4. The molecule has 1 aromatic carbocycles. The number of imidazole rings is 1. The van der Waals surface area contributed by atoms with Crippen LogP contribution in [-0.2, 0) is 11.8 Å². The number of halogens is 1. The Bertz CT molecular complexity index is 871. The predicted octanol–water partition coefficient (Wildman–Crippen LogP) is 3.03. The van der Waals surface area contributed by atoms with Gasteiger partial charge in [0.2, 0.25) is 5.95 Å². The molecule has 1 fully saturated rings. The van der Waals surface area contributed by atoms with Crippen LogP contribution in [0, 0.1) is 0 Å². The number of hydrogen-bond donors (Lipinski definition) is 0. The smallest absolute Gasteiger partial charge is 0.226 e. The molecule has 2 aromatic heterocycles. The van der Waals surface area contributed by atoms with Crippen molar-refractivity contribution in [2.24, 2.45) is 7.05 Å². The first-order valence-electron chi connectivity index (χ1n) is 8.16. The standard InChI is InChI=1S/C18H18ClN5O/c1-23-7-6-20-17(23)16-15(13-2-4-14(19)5-3-13)12-21-18(22-16)24-8-10-25-11-9-24/h2-7,12H,8-11H2,1H3. The zero-order valence-corrected chi connectivity index (χ0v) is 14.6. The van der Waals surface area contributed by atoms with Crippen molar-refractivity contribution in [1.29, 1.82) is 0 Å². The molecule has 0 N–H and O–H groups in total. The number of anilines is 1. The summed E-state index contributed by atoms with van der Waals surface area (Å²) in [6.45, 7) is 2.97. The van der Waals surface area contributed by atoms with Gasteiger partial charge in [0.25, 0.3) is 0 Å². The summed E-state index contributed by atoms with van der Waals surface area (Å²) in [5, 5.41) is 0.702. The van der Waals surface area contributed by atoms with Crippen LogP contribution in [0.1, 0.15) is 0 Å². The molecule has 0 aliphatic carbocycles. The molecular formula is C18H18ClN5O.